The minimum absolute atomic E-state index is 0.0959. The summed E-state index contributed by atoms with van der Waals surface area (Å²) < 4.78 is 0. The predicted molar refractivity (Wildman–Crippen MR) is 47.7 cm³/mol. The first-order chi connectivity index (χ1) is 7.18. The summed E-state index contributed by atoms with van der Waals surface area (Å²) in [6.07, 6.45) is 3.15. The Bertz CT molecular complexity index is 394. The highest BCUT2D eigenvalue weighted by Crippen LogP contribution is 2.39. The van der Waals surface area contributed by atoms with Crippen LogP contribution in [0.4, 0.5) is 5.95 Å². The molecule has 1 aliphatic rings. The van der Waals surface area contributed by atoms with Crippen molar-refractivity contribution in [3.05, 3.63) is 12.4 Å². The second kappa shape index (κ2) is 3.60. The average molecular weight is 208 g/mol. The van der Waals surface area contributed by atoms with E-state index in [2.05, 4.69) is 20.5 Å². The fourth-order valence-corrected chi connectivity index (χ4v) is 1.27. The first-order valence-electron chi connectivity index (χ1n) is 4.36. The van der Waals surface area contributed by atoms with E-state index < -0.39 is 17.8 Å². The highest BCUT2D eigenvalue weighted by Gasteiger charge is 2.48. The first-order valence-corrected chi connectivity index (χ1v) is 4.36. The van der Waals surface area contributed by atoms with Crippen LogP contribution in [0, 0.1) is 11.8 Å². The molecule has 1 saturated carbocycles. The van der Waals surface area contributed by atoms with Gasteiger partial charge in [-0.05, 0) is 6.42 Å². The zero-order valence-electron chi connectivity index (χ0n) is 7.62. The Kier molecular flexibility index (Phi) is 2.28. The van der Waals surface area contributed by atoms with Gasteiger partial charge in [0.1, 0.15) is 0 Å². The SMILES string of the molecule is O=C(O)[C@H]1C[C@H]1C(=O)Nc1nccnn1. The van der Waals surface area contributed by atoms with Crippen molar-refractivity contribution in [2.24, 2.45) is 11.8 Å². The van der Waals surface area contributed by atoms with Gasteiger partial charge in [-0.15, -0.1) is 5.10 Å². The number of carbonyl (C=O) groups is 2. The highest BCUT2D eigenvalue weighted by molar-refractivity contribution is 5.97. The quantitative estimate of drug-likeness (QED) is 0.695. The Balaban J connectivity index is 1.92. The maximum Gasteiger partial charge on any atom is 0.307 e. The summed E-state index contributed by atoms with van der Waals surface area (Å²) in [4.78, 5) is 25.7. The number of carboxylic acids is 1. The van der Waals surface area contributed by atoms with Gasteiger partial charge in [-0.2, -0.15) is 5.10 Å². The Morgan fingerprint density at radius 1 is 1.40 bits per heavy atom. The molecule has 78 valence electrons. The minimum atomic E-state index is -0.942. The number of aromatic nitrogens is 3. The van der Waals surface area contributed by atoms with E-state index in [1.807, 2.05) is 0 Å². The van der Waals surface area contributed by atoms with Gasteiger partial charge in [-0.1, -0.05) is 0 Å². The Labute approximate surface area is 84.5 Å². The van der Waals surface area contributed by atoms with Gasteiger partial charge in [-0.3, -0.25) is 14.9 Å². The minimum Gasteiger partial charge on any atom is -0.481 e. The van der Waals surface area contributed by atoms with E-state index in [-0.39, 0.29) is 11.9 Å². The van der Waals surface area contributed by atoms with Crippen LogP contribution in [0.15, 0.2) is 12.4 Å². The molecule has 2 rings (SSSR count). The second-order valence-corrected chi connectivity index (χ2v) is 3.24. The number of rotatable bonds is 3. The molecule has 0 aromatic carbocycles. The van der Waals surface area contributed by atoms with E-state index >= 15 is 0 Å². The molecule has 0 radical (unpaired) electrons. The van der Waals surface area contributed by atoms with Crippen LogP contribution in [-0.4, -0.2) is 32.2 Å². The molecule has 1 aromatic heterocycles. The largest absolute Gasteiger partial charge is 0.481 e. The van der Waals surface area contributed by atoms with E-state index in [1.165, 1.54) is 12.4 Å². The number of anilines is 1. The van der Waals surface area contributed by atoms with Crippen LogP contribution in [-0.2, 0) is 9.59 Å². The fraction of sp³-hybridized carbons (Fsp3) is 0.375. The van der Waals surface area contributed by atoms with Crippen LogP contribution in [0.5, 0.6) is 0 Å². The highest BCUT2D eigenvalue weighted by atomic mass is 16.4. The maximum absolute atomic E-state index is 11.4. The third-order valence-corrected chi connectivity index (χ3v) is 2.16. The van der Waals surface area contributed by atoms with Crippen LogP contribution in [0.2, 0.25) is 0 Å². The van der Waals surface area contributed by atoms with Gasteiger partial charge >= 0.3 is 5.97 Å². The summed E-state index contributed by atoms with van der Waals surface area (Å²) in [6.45, 7) is 0. The maximum atomic E-state index is 11.4. The van der Waals surface area contributed by atoms with Gasteiger partial charge in [0, 0.05) is 0 Å². The third-order valence-electron chi connectivity index (χ3n) is 2.16. The molecule has 7 nitrogen and oxygen atoms in total. The van der Waals surface area contributed by atoms with Gasteiger partial charge in [-0.25, -0.2) is 4.98 Å². The van der Waals surface area contributed by atoms with Crippen molar-refractivity contribution in [1.29, 1.82) is 0 Å². The number of carboxylic acid groups (broad SMARTS) is 1. The van der Waals surface area contributed by atoms with E-state index in [9.17, 15) is 9.59 Å². The number of nitrogens with one attached hydrogen (secondary N) is 1. The molecule has 2 N–H and O–H groups in total. The molecule has 1 fully saturated rings. The summed E-state index contributed by atoms with van der Waals surface area (Å²) >= 11 is 0. The van der Waals surface area contributed by atoms with Gasteiger partial charge in [0.15, 0.2) is 0 Å². The molecule has 0 spiro atoms. The molecule has 2 atom stereocenters. The van der Waals surface area contributed by atoms with Gasteiger partial charge in [0.2, 0.25) is 11.9 Å². The van der Waals surface area contributed by atoms with E-state index in [1.54, 1.807) is 0 Å². The fourth-order valence-electron chi connectivity index (χ4n) is 1.27. The van der Waals surface area contributed by atoms with Crippen LogP contribution in [0.1, 0.15) is 6.42 Å². The van der Waals surface area contributed by atoms with Crippen molar-refractivity contribution in [2.75, 3.05) is 5.32 Å². The summed E-state index contributed by atoms with van der Waals surface area (Å²) in [6, 6.07) is 0. The first kappa shape index (κ1) is 9.50. The third kappa shape index (κ3) is 2.06. The molecule has 1 aromatic rings. The van der Waals surface area contributed by atoms with Crippen LogP contribution in [0.25, 0.3) is 0 Å². The lowest BCUT2D eigenvalue weighted by atomic mass is 10.3. The number of hydrogen-bond donors (Lipinski definition) is 2. The number of hydrogen-bond acceptors (Lipinski definition) is 5. The monoisotopic (exact) mass is 208 g/mol. The van der Waals surface area contributed by atoms with Gasteiger partial charge in [0.05, 0.1) is 24.2 Å². The number of nitrogens with zero attached hydrogens (tertiary/aromatic N) is 3. The molecule has 0 unspecified atom stereocenters. The van der Waals surface area contributed by atoms with Crippen molar-refractivity contribution < 1.29 is 14.7 Å². The van der Waals surface area contributed by atoms with Crippen LogP contribution < -0.4 is 5.32 Å². The van der Waals surface area contributed by atoms with E-state index in [0.717, 1.165) is 0 Å². The summed E-state index contributed by atoms with van der Waals surface area (Å²) in [5.74, 6) is -2.25. The standard InChI is InChI=1S/C8H8N4O3/c13-6(4-3-5(4)7(14)15)11-8-9-1-2-10-12-8/h1-2,4-5H,3H2,(H,14,15)(H,9,11,12,13)/t4-,5+/m1/s1. The van der Waals surface area contributed by atoms with Crippen molar-refractivity contribution in [3.63, 3.8) is 0 Å². The average Bonchev–Trinajstić information content (AvgIpc) is 2.98. The molecule has 0 aliphatic heterocycles. The van der Waals surface area contributed by atoms with Crippen molar-refractivity contribution in [2.45, 2.75) is 6.42 Å². The molecular formula is C8H8N4O3. The lowest BCUT2D eigenvalue weighted by Crippen LogP contribution is -2.18. The van der Waals surface area contributed by atoms with Gasteiger partial charge in [0.25, 0.3) is 0 Å². The Morgan fingerprint density at radius 3 is 2.73 bits per heavy atom. The summed E-state index contributed by atoms with van der Waals surface area (Å²) in [5, 5.41) is 18.1. The molecule has 1 aliphatic carbocycles. The van der Waals surface area contributed by atoms with Gasteiger partial charge < -0.3 is 5.11 Å². The number of carbonyl (C=O) groups excluding carboxylic acids is 1. The van der Waals surface area contributed by atoms with Crippen molar-refractivity contribution >= 4 is 17.8 Å². The van der Waals surface area contributed by atoms with Crippen molar-refractivity contribution in [1.82, 2.24) is 15.2 Å². The lowest BCUT2D eigenvalue weighted by Gasteiger charge is -1.99. The predicted octanol–water partition coefficient (Wildman–Crippen LogP) is -0.469. The zero-order valence-corrected chi connectivity index (χ0v) is 7.62. The molecule has 0 saturated heterocycles. The topological polar surface area (TPSA) is 105 Å². The number of amides is 1. The Morgan fingerprint density at radius 2 is 2.20 bits per heavy atom. The molecule has 15 heavy (non-hydrogen) atoms. The molecule has 7 heteroatoms. The smallest absolute Gasteiger partial charge is 0.307 e. The second-order valence-electron chi connectivity index (χ2n) is 3.24. The molecule has 1 amide bonds. The molecule has 0 bridgehead atoms. The lowest BCUT2D eigenvalue weighted by molar-refractivity contribution is -0.139. The normalized spacial score (nSPS) is 23.2. The Hall–Kier alpha value is -2.05. The number of aliphatic carboxylic acids is 1. The summed E-state index contributed by atoms with van der Waals surface area (Å²) in [5.41, 5.74) is 0. The van der Waals surface area contributed by atoms with Crippen LogP contribution in [0.3, 0.4) is 0 Å². The molecular weight excluding hydrogens is 200 g/mol. The summed E-state index contributed by atoms with van der Waals surface area (Å²) in [7, 11) is 0. The van der Waals surface area contributed by atoms with Crippen molar-refractivity contribution in [3.8, 4) is 0 Å². The van der Waals surface area contributed by atoms with Crippen LogP contribution >= 0.6 is 0 Å². The van der Waals surface area contributed by atoms with E-state index in [0.29, 0.717) is 6.42 Å². The molecule has 1 heterocycles. The zero-order chi connectivity index (χ0) is 10.8. The van der Waals surface area contributed by atoms with E-state index in [4.69, 9.17) is 5.11 Å².